The Kier molecular flexibility index (Phi) is 2.26. The topological polar surface area (TPSA) is 47.8 Å². The molecule has 66 valence electrons. The molecule has 0 saturated carbocycles. The maximum atomic E-state index is 10.3. The predicted octanol–water partition coefficient (Wildman–Crippen LogP) is 1.14. The Bertz CT molecular complexity index is 272. The molecule has 0 aliphatic rings. The van der Waals surface area contributed by atoms with Crippen LogP contribution < -0.4 is 0 Å². The van der Waals surface area contributed by atoms with Gasteiger partial charge in [0.15, 0.2) is 6.29 Å². The molecule has 1 rings (SSSR count). The quantitative estimate of drug-likeness (QED) is 0.620. The molecule has 0 radical (unpaired) electrons. The first-order chi connectivity index (χ1) is 5.51. The minimum absolute atomic E-state index is 0.161. The molecule has 0 N–H and O–H groups in total. The van der Waals surface area contributed by atoms with Crippen LogP contribution in [-0.2, 0) is 6.54 Å². The third-order valence-electron chi connectivity index (χ3n) is 1.31. The van der Waals surface area contributed by atoms with E-state index >= 15 is 0 Å². The highest BCUT2D eigenvalue weighted by molar-refractivity contribution is 5.70. The number of aldehydes is 1. The highest BCUT2D eigenvalue weighted by Gasteiger charge is 2.12. The van der Waals surface area contributed by atoms with Gasteiger partial charge in [0.05, 0.1) is 6.20 Å². The smallest absolute Gasteiger partial charge is 0.171 e. The Morgan fingerprint density at radius 1 is 1.58 bits per heavy atom. The van der Waals surface area contributed by atoms with Crippen LogP contribution in [0.2, 0.25) is 0 Å². The Morgan fingerprint density at radius 3 is 2.67 bits per heavy atom. The van der Waals surface area contributed by atoms with E-state index in [0.717, 1.165) is 6.54 Å². The minimum atomic E-state index is 0.161. The van der Waals surface area contributed by atoms with Crippen molar-refractivity contribution in [2.45, 2.75) is 27.3 Å². The van der Waals surface area contributed by atoms with E-state index in [9.17, 15) is 4.79 Å². The molecule has 0 saturated heterocycles. The molecule has 1 heterocycles. The van der Waals surface area contributed by atoms with Gasteiger partial charge >= 0.3 is 0 Å². The molecule has 0 atom stereocenters. The maximum absolute atomic E-state index is 10.3. The van der Waals surface area contributed by atoms with Gasteiger partial charge in [0.1, 0.15) is 5.69 Å². The van der Waals surface area contributed by atoms with Crippen molar-refractivity contribution >= 4 is 6.29 Å². The van der Waals surface area contributed by atoms with Crippen LogP contribution in [0.4, 0.5) is 0 Å². The van der Waals surface area contributed by atoms with Gasteiger partial charge in [-0.3, -0.25) is 9.48 Å². The number of rotatable bonds is 2. The van der Waals surface area contributed by atoms with E-state index in [1.54, 1.807) is 10.9 Å². The van der Waals surface area contributed by atoms with E-state index in [1.165, 1.54) is 0 Å². The number of nitrogens with zero attached hydrogens (tertiary/aromatic N) is 3. The van der Waals surface area contributed by atoms with Crippen LogP contribution >= 0.6 is 0 Å². The summed E-state index contributed by atoms with van der Waals surface area (Å²) in [4.78, 5) is 10.3. The lowest BCUT2D eigenvalue weighted by Crippen LogP contribution is -2.15. The average Bonchev–Trinajstić information content (AvgIpc) is 2.32. The number of hydrogen-bond donors (Lipinski definition) is 0. The van der Waals surface area contributed by atoms with Crippen LogP contribution in [0.15, 0.2) is 6.20 Å². The van der Waals surface area contributed by atoms with Gasteiger partial charge in [-0.1, -0.05) is 26.0 Å². The van der Waals surface area contributed by atoms with E-state index in [0.29, 0.717) is 12.0 Å². The number of carbonyl (C=O) groups is 1. The molecule has 0 fully saturated rings. The van der Waals surface area contributed by atoms with Crippen molar-refractivity contribution in [3.8, 4) is 0 Å². The number of hydrogen-bond acceptors (Lipinski definition) is 3. The zero-order chi connectivity index (χ0) is 9.19. The lowest BCUT2D eigenvalue weighted by atomic mass is 9.97. The lowest BCUT2D eigenvalue weighted by molar-refractivity contribution is 0.111. The molecule has 12 heavy (non-hydrogen) atoms. The summed E-state index contributed by atoms with van der Waals surface area (Å²) in [5, 5.41) is 7.47. The highest BCUT2D eigenvalue weighted by Crippen LogP contribution is 2.14. The molecular formula is C8H13N3O. The third kappa shape index (κ3) is 2.45. The van der Waals surface area contributed by atoms with Crippen LogP contribution in [0.25, 0.3) is 0 Å². The van der Waals surface area contributed by atoms with Crippen molar-refractivity contribution in [3.05, 3.63) is 11.9 Å². The summed E-state index contributed by atoms with van der Waals surface area (Å²) in [7, 11) is 0. The second-order valence-electron chi connectivity index (χ2n) is 4.02. The van der Waals surface area contributed by atoms with E-state index in [2.05, 4.69) is 31.1 Å². The van der Waals surface area contributed by atoms with Crippen molar-refractivity contribution in [1.29, 1.82) is 0 Å². The SMILES string of the molecule is CC(C)(C)Cn1cc(C=O)nn1. The van der Waals surface area contributed by atoms with Crippen LogP contribution in [0.5, 0.6) is 0 Å². The van der Waals surface area contributed by atoms with Gasteiger partial charge in [0.25, 0.3) is 0 Å². The molecule has 0 bridgehead atoms. The monoisotopic (exact) mass is 167 g/mol. The molecule has 4 nitrogen and oxygen atoms in total. The Balaban J connectivity index is 2.70. The Morgan fingerprint density at radius 2 is 2.25 bits per heavy atom. The zero-order valence-corrected chi connectivity index (χ0v) is 7.61. The summed E-state index contributed by atoms with van der Waals surface area (Å²) < 4.78 is 1.68. The molecule has 0 unspecified atom stereocenters. The van der Waals surface area contributed by atoms with E-state index < -0.39 is 0 Å². The maximum Gasteiger partial charge on any atom is 0.171 e. The van der Waals surface area contributed by atoms with E-state index in [-0.39, 0.29) is 5.41 Å². The van der Waals surface area contributed by atoms with Crippen molar-refractivity contribution in [3.63, 3.8) is 0 Å². The van der Waals surface area contributed by atoms with Crippen LogP contribution in [0.3, 0.4) is 0 Å². The van der Waals surface area contributed by atoms with Crippen molar-refractivity contribution in [2.24, 2.45) is 5.41 Å². The largest absolute Gasteiger partial charge is 0.296 e. The predicted molar refractivity (Wildman–Crippen MR) is 44.9 cm³/mol. The van der Waals surface area contributed by atoms with Gasteiger partial charge in [-0.05, 0) is 5.41 Å². The first-order valence-electron chi connectivity index (χ1n) is 3.86. The first-order valence-corrected chi connectivity index (χ1v) is 3.86. The fourth-order valence-electron chi connectivity index (χ4n) is 0.931. The summed E-state index contributed by atoms with van der Waals surface area (Å²) in [5.41, 5.74) is 0.549. The molecule has 0 amide bonds. The molecule has 0 spiro atoms. The van der Waals surface area contributed by atoms with Crippen molar-refractivity contribution in [1.82, 2.24) is 15.0 Å². The van der Waals surface area contributed by atoms with Gasteiger partial charge in [0, 0.05) is 6.54 Å². The normalized spacial score (nSPS) is 11.6. The second kappa shape index (κ2) is 3.05. The second-order valence-corrected chi connectivity index (χ2v) is 4.02. The van der Waals surface area contributed by atoms with Gasteiger partial charge in [-0.25, -0.2) is 0 Å². The lowest BCUT2D eigenvalue weighted by Gasteiger charge is -2.16. The summed E-state index contributed by atoms with van der Waals surface area (Å²) in [5.74, 6) is 0. The molecule has 1 aromatic rings. The Hall–Kier alpha value is -1.19. The molecule has 1 aromatic heterocycles. The van der Waals surface area contributed by atoms with Crippen LogP contribution in [-0.4, -0.2) is 21.3 Å². The summed E-state index contributed by atoms with van der Waals surface area (Å²) >= 11 is 0. The fourth-order valence-corrected chi connectivity index (χ4v) is 0.931. The summed E-state index contributed by atoms with van der Waals surface area (Å²) in [6.07, 6.45) is 2.35. The zero-order valence-electron chi connectivity index (χ0n) is 7.61. The first kappa shape index (κ1) is 8.90. The molecular weight excluding hydrogens is 154 g/mol. The molecule has 0 aliphatic carbocycles. The number of carbonyl (C=O) groups excluding carboxylic acids is 1. The summed E-state index contributed by atoms with van der Waals surface area (Å²) in [6, 6.07) is 0. The van der Waals surface area contributed by atoms with Gasteiger partial charge in [0.2, 0.25) is 0 Å². The summed E-state index contributed by atoms with van der Waals surface area (Å²) in [6.45, 7) is 7.09. The van der Waals surface area contributed by atoms with Gasteiger partial charge in [-0.2, -0.15) is 0 Å². The molecule has 4 heteroatoms. The fraction of sp³-hybridized carbons (Fsp3) is 0.625. The Labute approximate surface area is 71.6 Å². The average molecular weight is 167 g/mol. The van der Waals surface area contributed by atoms with Crippen molar-refractivity contribution in [2.75, 3.05) is 0 Å². The molecule has 0 aromatic carbocycles. The van der Waals surface area contributed by atoms with E-state index in [1.807, 2.05) is 0 Å². The highest BCUT2D eigenvalue weighted by atomic mass is 16.1. The van der Waals surface area contributed by atoms with Gasteiger partial charge < -0.3 is 0 Å². The van der Waals surface area contributed by atoms with Crippen LogP contribution in [0, 0.1) is 5.41 Å². The van der Waals surface area contributed by atoms with Crippen LogP contribution in [0.1, 0.15) is 31.3 Å². The minimum Gasteiger partial charge on any atom is -0.296 e. The standard InChI is InChI=1S/C8H13N3O/c1-8(2,3)6-11-4-7(5-12)9-10-11/h4-5H,6H2,1-3H3. The van der Waals surface area contributed by atoms with E-state index in [4.69, 9.17) is 0 Å². The third-order valence-corrected chi connectivity index (χ3v) is 1.31. The van der Waals surface area contributed by atoms with Crippen molar-refractivity contribution < 1.29 is 4.79 Å². The molecule has 0 aliphatic heterocycles. The van der Waals surface area contributed by atoms with Gasteiger partial charge in [-0.15, -0.1) is 5.10 Å². The number of aromatic nitrogens is 3.